The van der Waals surface area contributed by atoms with Gasteiger partial charge in [-0.05, 0) is 13.0 Å². The van der Waals surface area contributed by atoms with Gasteiger partial charge in [0.05, 0.1) is 5.92 Å². The maximum Gasteiger partial charge on any atom is 0.422 e. The zero-order valence-corrected chi connectivity index (χ0v) is 10.8. The summed E-state index contributed by atoms with van der Waals surface area (Å²) >= 11 is 2.89. The Bertz CT molecular complexity index is 461. The van der Waals surface area contributed by atoms with Crippen molar-refractivity contribution in [1.82, 2.24) is 0 Å². The van der Waals surface area contributed by atoms with Gasteiger partial charge in [0, 0.05) is 10.0 Å². The Labute approximate surface area is 109 Å². The summed E-state index contributed by atoms with van der Waals surface area (Å²) in [4.78, 5) is 10.8. The first-order valence-electron chi connectivity index (χ1n) is 4.89. The molecule has 1 aromatic rings. The fraction of sp³-hybridized carbons (Fsp3) is 0.364. The second-order valence-corrected chi connectivity index (χ2v) is 4.66. The highest BCUT2D eigenvalue weighted by molar-refractivity contribution is 9.10. The van der Waals surface area contributed by atoms with E-state index in [0.717, 1.165) is 13.0 Å². The fourth-order valence-corrected chi connectivity index (χ4v) is 2.17. The Morgan fingerprint density at radius 1 is 1.33 bits per heavy atom. The number of carboxylic acid groups (broad SMARTS) is 1. The van der Waals surface area contributed by atoms with Gasteiger partial charge in [0.25, 0.3) is 0 Å². The number of carbonyl (C=O) groups is 1. The molecule has 1 aromatic carbocycles. The molecular weight excluding hydrogens is 317 g/mol. The number of rotatable bonds is 3. The van der Waals surface area contributed by atoms with Gasteiger partial charge in [-0.15, -0.1) is 0 Å². The van der Waals surface area contributed by atoms with E-state index in [1.54, 1.807) is 0 Å². The molecule has 0 aliphatic heterocycles. The van der Waals surface area contributed by atoms with Crippen LogP contribution in [0.5, 0.6) is 0 Å². The molecule has 7 heteroatoms. The number of halogens is 4. The minimum absolute atomic E-state index is 0.00192. The molecule has 1 rings (SSSR count). The van der Waals surface area contributed by atoms with E-state index >= 15 is 0 Å². The SMILES string of the molecule is CC(C(=O)O)C(O)(c1ccccc1Br)C(F)(F)F. The van der Waals surface area contributed by atoms with Crippen LogP contribution in [0.2, 0.25) is 0 Å². The lowest BCUT2D eigenvalue weighted by atomic mass is 9.81. The molecule has 0 aliphatic rings. The van der Waals surface area contributed by atoms with E-state index in [4.69, 9.17) is 5.11 Å². The molecule has 0 radical (unpaired) electrons. The molecule has 2 unspecified atom stereocenters. The van der Waals surface area contributed by atoms with Crippen LogP contribution in [0.1, 0.15) is 12.5 Å². The predicted molar refractivity (Wildman–Crippen MR) is 60.9 cm³/mol. The predicted octanol–water partition coefficient (Wildman–Crippen LogP) is 2.92. The average molecular weight is 327 g/mol. The molecule has 0 fully saturated rings. The highest BCUT2D eigenvalue weighted by Gasteiger charge is 2.61. The number of carboxylic acids is 1. The number of hydrogen-bond donors (Lipinski definition) is 2. The highest BCUT2D eigenvalue weighted by Crippen LogP contribution is 2.46. The first kappa shape index (κ1) is 15.0. The summed E-state index contributed by atoms with van der Waals surface area (Å²) in [5, 5.41) is 18.7. The van der Waals surface area contributed by atoms with Crippen molar-refractivity contribution in [2.45, 2.75) is 18.7 Å². The summed E-state index contributed by atoms with van der Waals surface area (Å²) in [6, 6.07) is 5.11. The number of aliphatic hydroxyl groups is 1. The van der Waals surface area contributed by atoms with Gasteiger partial charge >= 0.3 is 12.1 Å². The normalized spacial score (nSPS) is 17.0. The standard InChI is InChI=1S/C11H10BrF3O3/c1-6(9(16)17)10(18,11(13,14)15)7-4-2-3-5-8(7)12/h2-6,18H,1H3,(H,16,17). The summed E-state index contributed by atoms with van der Waals surface area (Å²) in [5.74, 6) is -3.76. The van der Waals surface area contributed by atoms with Crippen LogP contribution in [0.4, 0.5) is 13.2 Å². The molecule has 0 aliphatic carbocycles. The minimum atomic E-state index is -5.10. The summed E-state index contributed by atoms with van der Waals surface area (Å²) in [6.07, 6.45) is -5.10. The Balaban J connectivity index is 3.49. The van der Waals surface area contributed by atoms with Crippen LogP contribution in [0, 0.1) is 5.92 Å². The van der Waals surface area contributed by atoms with Crippen molar-refractivity contribution in [2.24, 2.45) is 5.92 Å². The molecular formula is C11H10BrF3O3. The van der Waals surface area contributed by atoms with Crippen molar-refractivity contribution < 1.29 is 28.2 Å². The smallest absolute Gasteiger partial charge is 0.422 e. The summed E-state index contributed by atoms with van der Waals surface area (Å²) in [6.45, 7) is 0.815. The molecule has 0 bridgehead atoms. The van der Waals surface area contributed by atoms with Crippen LogP contribution in [0.25, 0.3) is 0 Å². The van der Waals surface area contributed by atoms with E-state index in [-0.39, 0.29) is 4.47 Å². The summed E-state index contributed by atoms with van der Waals surface area (Å²) < 4.78 is 39.1. The lowest BCUT2D eigenvalue weighted by Gasteiger charge is -2.34. The third-order valence-corrected chi connectivity index (χ3v) is 3.41. The average Bonchev–Trinajstić information content (AvgIpc) is 2.26. The van der Waals surface area contributed by atoms with Gasteiger partial charge in [-0.1, -0.05) is 34.1 Å². The molecule has 3 nitrogen and oxygen atoms in total. The van der Waals surface area contributed by atoms with Gasteiger partial charge in [0.15, 0.2) is 5.60 Å². The Hall–Kier alpha value is -1.08. The molecule has 2 atom stereocenters. The Kier molecular flexibility index (Phi) is 4.07. The van der Waals surface area contributed by atoms with Crippen molar-refractivity contribution in [2.75, 3.05) is 0 Å². The van der Waals surface area contributed by atoms with Gasteiger partial charge in [0.1, 0.15) is 0 Å². The maximum absolute atomic E-state index is 13.0. The van der Waals surface area contributed by atoms with Crippen LogP contribution >= 0.6 is 15.9 Å². The van der Waals surface area contributed by atoms with Crippen LogP contribution < -0.4 is 0 Å². The lowest BCUT2D eigenvalue weighted by Crippen LogP contribution is -2.50. The molecule has 0 spiro atoms. The van der Waals surface area contributed by atoms with Crippen LogP contribution in [0.15, 0.2) is 28.7 Å². The van der Waals surface area contributed by atoms with E-state index in [9.17, 15) is 23.1 Å². The lowest BCUT2D eigenvalue weighted by molar-refractivity contribution is -0.284. The van der Waals surface area contributed by atoms with Crippen LogP contribution in [-0.4, -0.2) is 22.4 Å². The van der Waals surface area contributed by atoms with Crippen molar-refractivity contribution in [3.05, 3.63) is 34.3 Å². The quantitative estimate of drug-likeness (QED) is 0.897. The van der Waals surface area contributed by atoms with Crippen molar-refractivity contribution in [1.29, 1.82) is 0 Å². The molecule has 2 N–H and O–H groups in total. The van der Waals surface area contributed by atoms with Crippen molar-refractivity contribution >= 4 is 21.9 Å². The molecule has 0 saturated heterocycles. The fourth-order valence-electron chi connectivity index (χ4n) is 1.58. The van der Waals surface area contributed by atoms with Crippen LogP contribution in [-0.2, 0) is 10.4 Å². The molecule has 0 aromatic heterocycles. The van der Waals surface area contributed by atoms with Gasteiger partial charge in [0.2, 0.25) is 0 Å². The number of hydrogen-bond acceptors (Lipinski definition) is 2. The zero-order valence-electron chi connectivity index (χ0n) is 9.20. The van der Waals surface area contributed by atoms with Crippen molar-refractivity contribution in [3.8, 4) is 0 Å². The molecule has 100 valence electrons. The third kappa shape index (κ3) is 2.37. The molecule has 0 amide bonds. The molecule has 0 saturated carbocycles. The van der Waals surface area contributed by atoms with E-state index in [2.05, 4.69) is 15.9 Å². The van der Waals surface area contributed by atoms with Gasteiger partial charge in [-0.25, -0.2) is 0 Å². The monoisotopic (exact) mass is 326 g/mol. The van der Waals surface area contributed by atoms with Crippen molar-refractivity contribution in [3.63, 3.8) is 0 Å². The van der Waals surface area contributed by atoms with Gasteiger partial charge in [-0.3, -0.25) is 4.79 Å². The largest absolute Gasteiger partial charge is 0.481 e. The maximum atomic E-state index is 13.0. The third-order valence-electron chi connectivity index (χ3n) is 2.71. The molecule has 18 heavy (non-hydrogen) atoms. The minimum Gasteiger partial charge on any atom is -0.481 e. The van der Waals surface area contributed by atoms with E-state index in [0.29, 0.717) is 0 Å². The Morgan fingerprint density at radius 3 is 2.22 bits per heavy atom. The number of alkyl halides is 3. The molecule has 0 heterocycles. The summed E-state index contributed by atoms with van der Waals surface area (Å²) in [5.41, 5.74) is -3.97. The van der Waals surface area contributed by atoms with E-state index in [1.165, 1.54) is 18.2 Å². The first-order valence-corrected chi connectivity index (χ1v) is 5.68. The van der Waals surface area contributed by atoms with E-state index < -0.39 is 29.2 Å². The number of benzene rings is 1. The van der Waals surface area contributed by atoms with E-state index in [1.807, 2.05) is 0 Å². The van der Waals surface area contributed by atoms with Crippen LogP contribution in [0.3, 0.4) is 0 Å². The first-order chi connectivity index (χ1) is 8.12. The second-order valence-electron chi connectivity index (χ2n) is 3.80. The highest BCUT2D eigenvalue weighted by atomic mass is 79.9. The topological polar surface area (TPSA) is 57.5 Å². The zero-order chi connectivity index (χ0) is 14.1. The van der Waals surface area contributed by atoms with Gasteiger partial charge in [-0.2, -0.15) is 13.2 Å². The number of aliphatic carboxylic acids is 1. The second kappa shape index (κ2) is 4.89. The van der Waals surface area contributed by atoms with Gasteiger partial charge < -0.3 is 10.2 Å². The Morgan fingerprint density at radius 2 is 1.83 bits per heavy atom. The summed E-state index contributed by atoms with van der Waals surface area (Å²) in [7, 11) is 0.